The second kappa shape index (κ2) is 8.94. The summed E-state index contributed by atoms with van der Waals surface area (Å²) in [6.07, 6.45) is 6.75. The molecule has 0 saturated carbocycles. The van der Waals surface area contributed by atoms with E-state index >= 15 is 0 Å². The van der Waals surface area contributed by atoms with Crippen LogP contribution < -0.4 is 14.9 Å². The van der Waals surface area contributed by atoms with Crippen LogP contribution in [0.5, 0.6) is 11.5 Å². The molecule has 0 aliphatic rings. The lowest BCUT2D eigenvalue weighted by atomic mass is 10.1. The van der Waals surface area contributed by atoms with Gasteiger partial charge in [0, 0.05) is 15.4 Å². The number of ether oxygens (including phenoxy) is 2. The van der Waals surface area contributed by atoms with Gasteiger partial charge in [-0.05, 0) is 35.0 Å². The van der Waals surface area contributed by atoms with E-state index in [1.54, 1.807) is 18.2 Å². The predicted molar refractivity (Wildman–Crippen MR) is 124 cm³/mol. The van der Waals surface area contributed by atoms with Gasteiger partial charge in [-0.3, -0.25) is 4.79 Å². The number of hydrogen-bond acceptors (Lipinski definition) is 5. The molecule has 154 valence electrons. The Hall–Kier alpha value is -3.76. The third-order valence-corrected chi connectivity index (χ3v) is 5.05. The Labute approximate surface area is 187 Å². The lowest BCUT2D eigenvalue weighted by Crippen LogP contribution is -2.16. The van der Waals surface area contributed by atoms with Crippen molar-refractivity contribution in [2.75, 3.05) is 13.7 Å². The summed E-state index contributed by atoms with van der Waals surface area (Å²) in [5.74, 6) is 3.03. The molecular weight excluding hydrogens is 460 g/mol. The molecule has 0 radical (unpaired) electrons. The molecule has 4 rings (SSSR count). The number of halogens is 1. The van der Waals surface area contributed by atoms with E-state index in [1.807, 2.05) is 36.4 Å². The number of carbonyl (C=O) groups is 1. The number of methoxy groups -OCH3 is 1. The van der Waals surface area contributed by atoms with Crippen LogP contribution in [0.25, 0.3) is 21.7 Å². The summed E-state index contributed by atoms with van der Waals surface area (Å²) in [4.78, 5) is 12.6. The number of terminal acetylenes is 1. The summed E-state index contributed by atoms with van der Waals surface area (Å²) in [5, 5.41) is 7.00. The van der Waals surface area contributed by atoms with Crippen molar-refractivity contribution in [1.82, 2.24) is 5.43 Å². The van der Waals surface area contributed by atoms with E-state index in [4.69, 9.17) is 20.3 Å². The molecule has 6 nitrogen and oxygen atoms in total. The smallest absolute Gasteiger partial charge is 0.307 e. The molecule has 7 heteroatoms. The zero-order chi connectivity index (χ0) is 21.8. The minimum atomic E-state index is -0.468. The average Bonchev–Trinajstić information content (AvgIpc) is 3.23. The largest absolute Gasteiger partial charge is 0.493 e. The van der Waals surface area contributed by atoms with Gasteiger partial charge < -0.3 is 13.9 Å². The van der Waals surface area contributed by atoms with Gasteiger partial charge in [0.2, 0.25) is 0 Å². The Morgan fingerprint density at radius 3 is 2.87 bits per heavy atom. The first-order valence-electron chi connectivity index (χ1n) is 9.29. The zero-order valence-electron chi connectivity index (χ0n) is 16.5. The molecule has 0 saturated heterocycles. The van der Waals surface area contributed by atoms with Gasteiger partial charge in [0.15, 0.2) is 17.3 Å². The number of nitrogens with one attached hydrogen (secondary N) is 1. The average molecular weight is 477 g/mol. The monoisotopic (exact) mass is 476 g/mol. The van der Waals surface area contributed by atoms with Crippen LogP contribution >= 0.6 is 15.9 Å². The van der Waals surface area contributed by atoms with Crippen LogP contribution in [-0.4, -0.2) is 25.8 Å². The van der Waals surface area contributed by atoms with Crippen LogP contribution in [0.4, 0.5) is 0 Å². The molecule has 0 spiro atoms. The Bertz CT molecular complexity index is 1350. The molecule has 0 aliphatic heterocycles. The Kier molecular flexibility index (Phi) is 5.92. The lowest BCUT2D eigenvalue weighted by molar-refractivity contribution is 0.0929. The lowest BCUT2D eigenvalue weighted by Gasteiger charge is -2.12. The summed E-state index contributed by atoms with van der Waals surface area (Å²) in [7, 11) is 1.53. The molecule has 1 N–H and O–H groups in total. The van der Waals surface area contributed by atoms with E-state index in [9.17, 15) is 4.79 Å². The Morgan fingerprint density at radius 1 is 1.23 bits per heavy atom. The number of carbonyl (C=O) groups excluding carboxylic acids is 1. The van der Waals surface area contributed by atoms with Gasteiger partial charge >= 0.3 is 5.91 Å². The summed E-state index contributed by atoms with van der Waals surface area (Å²) < 4.78 is 17.4. The molecule has 0 bridgehead atoms. The van der Waals surface area contributed by atoms with Crippen molar-refractivity contribution in [2.24, 2.45) is 5.10 Å². The summed E-state index contributed by atoms with van der Waals surface area (Å²) in [6, 6.07) is 17.0. The van der Waals surface area contributed by atoms with Crippen LogP contribution in [0.2, 0.25) is 0 Å². The topological polar surface area (TPSA) is 73.1 Å². The molecule has 4 aromatic rings. The zero-order valence-corrected chi connectivity index (χ0v) is 18.1. The fraction of sp³-hybridized carbons (Fsp3) is 0.0833. The highest BCUT2D eigenvalue weighted by Gasteiger charge is 2.14. The quantitative estimate of drug-likeness (QED) is 0.237. The third-order valence-electron chi connectivity index (χ3n) is 4.59. The SMILES string of the molecule is C#CCOc1c(/C=N\NC(=O)c2cc3c(ccc4ccccc43)o2)cc(Br)cc1OC. The van der Waals surface area contributed by atoms with E-state index in [-0.39, 0.29) is 12.4 Å². The third kappa shape index (κ3) is 4.25. The first-order chi connectivity index (χ1) is 15.1. The Morgan fingerprint density at radius 2 is 2.06 bits per heavy atom. The number of furan rings is 1. The Balaban J connectivity index is 1.58. The molecule has 3 aromatic carbocycles. The van der Waals surface area contributed by atoms with Gasteiger partial charge in [-0.15, -0.1) is 6.42 Å². The molecule has 31 heavy (non-hydrogen) atoms. The van der Waals surface area contributed by atoms with E-state index < -0.39 is 5.91 Å². The maximum absolute atomic E-state index is 12.6. The normalized spacial score (nSPS) is 11.0. The van der Waals surface area contributed by atoms with E-state index in [2.05, 4.69) is 32.4 Å². The molecule has 1 amide bonds. The minimum absolute atomic E-state index is 0.0676. The summed E-state index contributed by atoms with van der Waals surface area (Å²) in [6.45, 7) is 0.0676. The van der Waals surface area contributed by atoms with E-state index in [1.165, 1.54) is 13.3 Å². The van der Waals surface area contributed by atoms with Crippen molar-refractivity contribution in [2.45, 2.75) is 0 Å². The van der Waals surface area contributed by atoms with Crippen LogP contribution in [0.3, 0.4) is 0 Å². The minimum Gasteiger partial charge on any atom is -0.493 e. The molecule has 0 fully saturated rings. The summed E-state index contributed by atoms with van der Waals surface area (Å²) in [5.41, 5.74) is 3.70. The molecular formula is C24H17BrN2O4. The van der Waals surface area contributed by atoms with Crippen molar-refractivity contribution in [3.8, 4) is 23.8 Å². The van der Waals surface area contributed by atoms with Gasteiger partial charge in [-0.1, -0.05) is 52.2 Å². The predicted octanol–water partition coefficient (Wildman–Crippen LogP) is 5.13. The van der Waals surface area contributed by atoms with Gasteiger partial charge in [0.05, 0.1) is 13.3 Å². The van der Waals surface area contributed by atoms with Crippen molar-refractivity contribution in [3.05, 3.63) is 70.4 Å². The van der Waals surface area contributed by atoms with E-state index in [0.29, 0.717) is 22.6 Å². The number of rotatable bonds is 6. The second-order valence-corrected chi connectivity index (χ2v) is 7.44. The van der Waals surface area contributed by atoms with Crippen molar-refractivity contribution < 1.29 is 18.7 Å². The van der Waals surface area contributed by atoms with Gasteiger partial charge in [-0.2, -0.15) is 5.10 Å². The molecule has 1 heterocycles. The number of amides is 1. The van der Waals surface area contributed by atoms with Crippen molar-refractivity contribution in [3.63, 3.8) is 0 Å². The number of benzene rings is 3. The first-order valence-corrected chi connectivity index (χ1v) is 10.1. The fourth-order valence-corrected chi connectivity index (χ4v) is 3.68. The molecule has 1 aromatic heterocycles. The van der Waals surface area contributed by atoms with E-state index in [0.717, 1.165) is 20.6 Å². The van der Waals surface area contributed by atoms with Gasteiger partial charge in [-0.25, -0.2) is 5.43 Å². The van der Waals surface area contributed by atoms with Gasteiger partial charge in [0.25, 0.3) is 0 Å². The fourth-order valence-electron chi connectivity index (χ4n) is 3.22. The van der Waals surface area contributed by atoms with Crippen LogP contribution in [-0.2, 0) is 0 Å². The summed E-state index contributed by atoms with van der Waals surface area (Å²) >= 11 is 3.41. The number of nitrogens with zero attached hydrogens (tertiary/aromatic N) is 1. The number of fused-ring (bicyclic) bond motifs is 3. The molecule has 0 unspecified atom stereocenters. The highest BCUT2D eigenvalue weighted by atomic mass is 79.9. The first kappa shape index (κ1) is 20.5. The van der Waals surface area contributed by atoms with Crippen LogP contribution in [0.1, 0.15) is 16.1 Å². The standard InChI is InChI=1S/C24H17BrN2O4/c1-3-10-30-23-16(11-17(25)12-21(23)29-2)14-26-27-24(28)22-13-19-18-7-5-4-6-15(18)8-9-20(19)31-22/h1,4-9,11-14H,10H2,2H3,(H,27,28)/b26-14-. The number of hydrogen-bond donors (Lipinski definition) is 1. The van der Waals surface area contributed by atoms with Crippen molar-refractivity contribution in [1.29, 1.82) is 0 Å². The maximum atomic E-state index is 12.6. The number of hydrazone groups is 1. The van der Waals surface area contributed by atoms with Crippen LogP contribution in [0.15, 0.2) is 68.6 Å². The maximum Gasteiger partial charge on any atom is 0.307 e. The highest BCUT2D eigenvalue weighted by Crippen LogP contribution is 2.34. The molecule has 0 atom stereocenters. The van der Waals surface area contributed by atoms with Crippen LogP contribution in [0, 0.1) is 12.3 Å². The highest BCUT2D eigenvalue weighted by molar-refractivity contribution is 9.10. The molecule has 0 aliphatic carbocycles. The van der Waals surface area contributed by atoms with Gasteiger partial charge in [0.1, 0.15) is 12.2 Å². The van der Waals surface area contributed by atoms with Crippen molar-refractivity contribution >= 4 is 49.8 Å². The second-order valence-electron chi connectivity index (χ2n) is 6.53.